The van der Waals surface area contributed by atoms with Crippen molar-refractivity contribution in [3.05, 3.63) is 47.2 Å². The lowest BCUT2D eigenvalue weighted by Crippen LogP contribution is -2.50. The number of piperazine rings is 1. The van der Waals surface area contributed by atoms with Gasteiger partial charge >= 0.3 is 12.2 Å². The van der Waals surface area contributed by atoms with Crippen LogP contribution in [0.2, 0.25) is 0 Å². The molecule has 2 atom stereocenters. The van der Waals surface area contributed by atoms with E-state index in [1.807, 2.05) is 25.7 Å². The Hall–Kier alpha value is -3.40. The summed E-state index contributed by atoms with van der Waals surface area (Å²) in [7, 11) is 0. The Labute approximate surface area is 237 Å². The molecule has 0 aliphatic carbocycles. The summed E-state index contributed by atoms with van der Waals surface area (Å²) in [5, 5.41) is 3.41. The van der Waals surface area contributed by atoms with E-state index in [1.54, 1.807) is 11.1 Å². The average molecular weight is 551 g/mol. The number of hydrogen-bond donors (Lipinski definition) is 1. The number of aromatic nitrogens is 2. The van der Waals surface area contributed by atoms with Crippen molar-refractivity contribution in [2.45, 2.75) is 84.1 Å². The highest BCUT2D eigenvalue weighted by molar-refractivity contribution is 5.89. The Kier molecular flexibility index (Phi) is 8.44. The van der Waals surface area contributed by atoms with Crippen LogP contribution in [0.5, 0.6) is 0 Å². The summed E-state index contributed by atoms with van der Waals surface area (Å²) in [5.41, 5.74) is 2.78. The van der Waals surface area contributed by atoms with Crippen LogP contribution < -0.4 is 10.2 Å². The number of amides is 2. The molecule has 1 N–H and O–H groups in total. The molecule has 1 unspecified atom stereocenters. The van der Waals surface area contributed by atoms with E-state index in [-0.39, 0.29) is 30.9 Å². The topological polar surface area (TPSA) is 100 Å². The minimum atomic E-state index is -0.491. The normalized spacial score (nSPS) is 22.8. The number of cyclic esters (lactones) is 1. The highest BCUT2D eigenvalue weighted by Gasteiger charge is 2.30. The zero-order valence-corrected chi connectivity index (χ0v) is 24.2. The third kappa shape index (κ3) is 6.66. The van der Waals surface area contributed by atoms with E-state index in [0.717, 1.165) is 56.3 Å². The maximum absolute atomic E-state index is 12.6. The van der Waals surface area contributed by atoms with Gasteiger partial charge in [-0.3, -0.25) is 9.80 Å². The van der Waals surface area contributed by atoms with Gasteiger partial charge in [0.1, 0.15) is 18.0 Å². The first-order chi connectivity index (χ1) is 19.2. The molecule has 6 rings (SSSR count). The predicted molar refractivity (Wildman–Crippen MR) is 153 cm³/mol. The first-order valence-electron chi connectivity index (χ1n) is 14.6. The summed E-state index contributed by atoms with van der Waals surface area (Å²) in [6, 6.07) is 9.10. The Morgan fingerprint density at radius 3 is 2.42 bits per heavy atom. The van der Waals surface area contributed by atoms with E-state index in [4.69, 9.17) is 14.5 Å². The van der Waals surface area contributed by atoms with Gasteiger partial charge in [-0.25, -0.2) is 14.6 Å². The minimum Gasteiger partial charge on any atom is -0.444 e. The number of carbonyl (C=O) groups excluding carboxylic acids is 2. The van der Waals surface area contributed by atoms with Gasteiger partial charge in [0.2, 0.25) is 5.95 Å². The molecule has 10 heteroatoms. The van der Waals surface area contributed by atoms with Gasteiger partial charge in [-0.1, -0.05) is 43.5 Å². The second-order valence-corrected chi connectivity index (χ2v) is 12.0. The van der Waals surface area contributed by atoms with Crippen molar-refractivity contribution in [2.24, 2.45) is 0 Å². The first kappa shape index (κ1) is 28.1. The molecule has 0 spiro atoms. The van der Waals surface area contributed by atoms with Crippen LogP contribution in [0.4, 0.5) is 21.4 Å². The number of nitrogens with one attached hydrogen (secondary N) is 1. The molecular formula is C30H42N6O4. The van der Waals surface area contributed by atoms with Crippen molar-refractivity contribution < 1.29 is 19.1 Å². The van der Waals surface area contributed by atoms with Crippen LogP contribution in [0.25, 0.3) is 0 Å². The number of carbonyl (C=O) groups is 2. The number of hydrogen-bond acceptors (Lipinski definition) is 8. The van der Waals surface area contributed by atoms with E-state index >= 15 is 0 Å². The van der Waals surface area contributed by atoms with Crippen LogP contribution in [-0.4, -0.2) is 70.3 Å². The van der Waals surface area contributed by atoms with E-state index < -0.39 is 5.60 Å². The number of nitrogens with zero attached hydrogens (tertiary/aromatic N) is 5. The quantitative estimate of drug-likeness (QED) is 0.485. The molecule has 216 valence electrons. The second-order valence-electron chi connectivity index (χ2n) is 12.0. The fourth-order valence-electron chi connectivity index (χ4n) is 5.65. The van der Waals surface area contributed by atoms with Gasteiger partial charge in [0, 0.05) is 45.0 Å². The molecule has 1 aromatic carbocycles. The number of benzene rings is 1. The van der Waals surface area contributed by atoms with Crippen molar-refractivity contribution in [3.8, 4) is 0 Å². The standard InChI is InChI=1S/C30H42N6O4/c1-21-22-10-12-23(13-11-22)25(34-15-17-35(18-16-34)28(37)40-30(2,3)4)9-7-5-6-8-14-36-26-24(20-39-29(36)38)19-31-27(32-21)33-26/h10-13,19,21,25H,5-9,14-18,20H2,1-4H3,(H,31,32,33)/t21-,25?/m0/s1. The Morgan fingerprint density at radius 1 is 1.00 bits per heavy atom. The number of fused-ring (bicyclic) bond motifs is 9. The lowest BCUT2D eigenvalue weighted by molar-refractivity contribution is 0.00958. The Bertz CT molecular complexity index is 1190. The molecule has 0 radical (unpaired) electrons. The molecule has 4 bridgehead atoms. The van der Waals surface area contributed by atoms with Crippen molar-refractivity contribution >= 4 is 24.0 Å². The smallest absolute Gasteiger partial charge is 0.415 e. The molecule has 1 aromatic heterocycles. The molecule has 4 aliphatic heterocycles. The zero-order chi connectivity index (χ0) is 28.3. The van der Waals surface area contributed by atoms with Crippen molar-refractivity contribution in [3.63, 3.8) is 0 Å². The van der Waals surface area contributed by atoms with Gasteiger partial charge in [0.25, 0.3) is 0 Å². The maximum Gasteiger partial charge on any atom is 0.415 e. The lowest BCUT2D eigenvalue weighted by Gasteiger charge is -2.40. The highest BCUT2D eigenvalue weighted by atomic mass is 16.6. The molecule has 10 nitrogen and oxygen atoms in total. The molecule has 1 fully saturated rings. The molecule has 2 aromatic rings. The van der Waals surface area contributed by atoms with E-state index in [2.05, 4.69) is 46.4 Å². The summed E-state index contributed by atoms with van der Waals surface area (Å²) < 4.78 is 11.0. The van der Waals surface area contributed by atoms with Crippen LogP contribution in [0.3, 0.4) is 0 Å². The molecular weight excluding hydrogens is 508 g/mol. The first-order valence-corrected chi connectivity index (χ1v) is 14.6. The van der Waals surface area contributed by atoms with Crippen LogP contribution in [0.15, 0.2) is 30.5 Å². The average Bonchev–Trinajstić information content (AvgIpc) is 2.93. The Morgan fingerprint density at radius 2 is 1.70 bits per heavy atom. The van der Waals surface area contributed by atoms with Crippen LogP contribution >= 0.6 is 0 Å². The van der Waals surface area contributed by atoms with Gasteiger partial charge in [0.05, 0.1) is 11.6 Å². The zero-order valence-electron chi connectivity index (χ0n) is 24.2. The molecule has 40 heavy (non-hydrogen) atoms. The summed E-state index contributed by atoms with van der Waals surface area (Å²) >= 11 is 0. The van der Waals surface area contributed by atoms with Crippen LogP contribution in [0.1, 0.15) is 88.6 Å². The fraction of sp³-hybridized carbons (Fsp3) is 0.600. The van der Waals surface area contributed by atoms with E-state index in [9.17, 15) is 9.59 Å². The van der Waals surface area contributed by atoms with E-state index in [0.29, 0.717) is 31.4 Å². The Balaban J connectivity index is 1.32. The van der Waals surface area contributed by atoms with Gasteiger partial charge < -0.3 is 19.7 Å². The lowest BCUT2D eigenvalue weighted by atomic mass is 9.95. The summed E-state index contributed by atoms with van der Waals surface area (Å²) in [5.74, 6) is 1.14. The minimum absolute atomic E-state index is 0.0115. The SMILES string of the molecule is C[C@@H]1Nc2ncc3c(n2)N(CCCCCCC(N2CCN(C(=O)OC(C)(C)C)CC2)c2ccc1cc2)C(=O)OC3. The van der Waals surface area contributed by atoms with Crippen molar-refractivity contribution in [1.29, 1.82) is 0 Å². The van der Waals surface area contributed by atoms with Gasteiger partial charge in [-0.15, -0.1) is 0 Å². The van der Waals surface area contributed by atoms with E-state index in [1.165, 1.54) is 5.56 Å². The molecule has 0 saturated carbocycles. The summed E-state index contributed by atoms with van der Waals surface area (Å²) in [6.45, 7) is 11.5. The van der Waals surface area contributed by atoms with Crippen LogP contribution in [0, 0.1) is 0 Å². The number of rotatable bonds is 1. The molecule has 1 saturated heterocycles. The monoisotopic (exact) mass is 550 g/mol. The predicted octanol–water partition coefficient (Wildman–Crippen LogP) is 5.66. The fourth-order valence-corrected chi connectivity index (χ4v) is 5.65. The molecule has 2 amide bonds. The number of ether oxygens (including phenoxy) is 2. The summed E-state index contributed by atoms with van der Waals surface area (Å²) in [6.07, 6.45) is 6.29. The second kappa shape index (κ2) is 12.0. The molecule has 4 aliphatic rings. The maximum atomic E-state index is 12.6. The van der Waals surface area contributed by atoms with Gasteiger partial charge in [-0.05, 0) is 51.7 Å². The third-order valence-corrected chi connectivity index (χ3v) is 7.85. The van der Waals surface area contributed by atoms with Gasteiger partial charge in [-0.2, -0.15) is 4.98 Å². The number of anilines is 2. The largest absolute Gasteiger partial charge is 0.444 e. The van der Waals surface area contributed by atoms with Gasteiger partial charge in [0.15, 0.2) is 0 Å². The molecule has 5 heterocycles. The summed E-state index contributed by atoms with van der Waals surface area (Å²) in [4.78, 5) is 40.4. The third-order valence-electron chi connectivity index (χ3n) is 7.85. The highest BCUT2D eigenvalue weighted by Crippen LogP contribution is 2.31. The van der Waals surface area contributed by atoms with Crippen molar-refractivity contribution in [1.82, 2.24) is 19.8 Å². The van der Waals surface area contributed by atoms with Crippen molar-refractivity contribution in [2.75, 3.05) is 42.9 Å². The van der Waals surface area contributed by atoms with Crippen LogP contribution in [-0.2, 0) is 16.1 Å².